The highest BCUT2D eigenvalue weighted by Crippen LogP contribution is 2.44. The van der Waals surface area contributed by atoms with E-state index in [2.05, 4.69) is 0 Å². The van der Waals surface area contributed by atoms with Gasteiger partial charge in [0.2, 0.25) is 0 Å². The Kier molecular flexibility index (Phi) is 3.05. The van der Waals surface area contributed by atoms with Crippen LogP contribution in [0.5, 0.6) is 0 Å². The Bertz CT molecular complexity index is 568. The number of hydrogen-bond donors (Lipinski definition) is 1. The molecule has 3 nitrogen and oxygen atoms in total. The standard InChI is InChI=1S/C16H15NO2/c18-16(19)15-14(13-9-5-2-6-10-13)17(15)11-12-7-3-1-4-8-12/h1-10,14-15H,11H2,(H,18,19). The van der Waals surface area contributed by atoms with Crippen molar-refractivity contribution in [3.05, 3.63) is 71.8 Å². The minimum absolute atomic E-state index is 0.00101. The fourth-order valence-electron chi connectivity index (χ4n) is 2.57. The Morgan fingerprint density at radius 2 is 1.58 bits per heavy atom. The van der Waals surface area contributed by atoms with E-state index in [1.165, 1.54) is 0 Å². The maximum atomic E-state index is 11.3. The number of nitrogens with zero attached hydrogens (tertiary/aromatic N) is 1. The number of carbonyl (C=O) groups is 1. The van der Waals surface area contributed by atoms with Crippen LogP contribution in [0.15, 0.2) is 60.7 Å². The zero-order valence-corrected chi connectivity index (χ0v) is 10.4. The number of aliphatic carboxylic acids is 1. The van der Waals surface area contributed by atoms with Crippen LogP contribution in [0.4, 0.5) is 0 Å². The van der Waals surface area contributed by atoms with E-state index >= 15 is 0 Å². The quantitative estimate of drug-likeness (QED) is 0.852. The molecule has 1 aliphatic rings. The molecule has 2 aromatic rings. The molecule has 1 N–H and O–H groups in total. The van der Waals surface area contributed by atoms with E-state index < -0.39 is 12.0 Å². The van der Waals surface area contributed by atoms with E-state index in [-0.39, 0.29) is 6.04 Å². The van der Waals surface area contributed by atoms with Crippen LogP contribution in [-0.2, 0) is 11.3 Å². The van der Waals surface area contributed by atoms with E-state index in [1.807, 2.05) is 65.6 Å². The summed E-state index contributed by atoms with van der Waals surface area (Å²) in [6.45, 7) is 0.678. The highest BCUT2D eigenvalue weighted by atomic mass is 16.4. The van der Waals surface area contributed by atoms with E-state index in [4.69, 9.17) is 0 Å². The third-order valence-electron chi connectivity index (χ3n) is 3.53. The largest absolute Gasteiger partial charge is 0.480 e. The lowest BCUT2D eigenvalue weighted by Crippen LogP contribution is -2.11. The molecule has 1 saturated heterocycles. The first kappa shape index (κ1) is 11.9. The molecule has 1 heterocycles. The van der Waals surface area contributed by atoms with Crippen molar-refractivity contribution in [1.29, 1.82) is 0 Å². The van der Waals surface area contributed by atoms with Gasteiger partial charge in [0.15, 0.2) is 0 Å². The van der Waals surface area contributed by atoms with E-state index in [0.717, 1.165) is 11.1 Å². The molecule has 3 unspecified atom stereocenters. The van der Waals surface area contributed by atoms with Gasteiger partial charge < -0.3 is 5.11 Å². The summed E-state index contributed by atoms with van der Waals surface area (Å²) in [7, 11) is 0. The lowest BCUT2D eigenvalue weighted by Gasteiger charge is -2.03. The second kappa shape index (κ2) is 4.86. The van der Waals surface area contributed by atoms with Gasteiger partial charge in [-0.25, -0.2) is 0 Å². The molecule has 0 spiro atoms. The molecular formula is C16H15NO2. The van der Waals surface area contributed by atoms with Crippen molar-refractivity contribution in [2.75, 3.05) is 0 Å². The van der Waals surface area contributed by atoms with Gasteiger partial charge in [-0.15, -0.1) is 0 Å². The van der Waals surface area contributed by atoms with Gasteiger partial charge in [-0.1, -0.05) is 60.7 Å². The molecular weight excluding hydrogens is 238 g/mol. The number of carboxylic acids is 1. The summed E-state index contributed by atoms with van der Waals surface area (Å²) in [4.78, 5) is 13.3. The number of benzene rings is 2. The van der Waals surface area contributed by atoms with Crippen LogP contribution < -0.4 is 0 Å². The third kappa shape index (κ3) is 2.37. The van der Waals surface area contributed by atoms with Crippen LogP contribution in [0.1, 0.15) is 17.2 Å². The summed E-state index contributed by atoms with van der Waals surface area (Å²) in [5, 5.41) is 9.29. The Balaban J connectivity index is 1.80. The fourth-order valence-corrected chi connectivity index (χ4v) is 2.57. The first-order valence-corrected chi connectivity index (χ1v) is 6.35. The Hall–Kier alpha value is -2.13. The normalized spacial score (nSPS) is 24.9. The zero-order valence-electron chi connectivity index (χ0n) is 10.4. The molecule has 1 fully saturated rings. The lowest BCUT2D eigenvalue weighted by atomic mass is 10.1. The van der Waals surface area contributed by atoms with Crippen molar-refractivity contribution in [2.45, 2.75) is 18.6 Å². The van der Waals surface area contributed by atoms with Crippen molar-refractivity contribution in [3.8, 4) is 0 Å². The predicted molar refractivity (Wildman–Crippen MR) is 72.6 cm³/mol. The molecule has 0 aliphatic carbocycles. The van der Waals surface area contributed by atoms with Gasteiger partial charge in [0.05, 0.1) is 6.04 Å². The number of hydrogen-bond acceptors (Lipinski definition) is 2. The van der Waals surface area contributed by atoms with Crippen LogP contribution in [0.25, 0.3) is 0 Å². The minimum atomic E-state index is -0.746. The number of carboxylic acid groups (broad SMARTS) is 1. The molecule has 3 rings (SSSR count). The maximum Gasteiger partial charge on any atom is 0.322 e. The SMILES string of the molecule is O=C(O)C1C(c2ccccc2)N1Cc1ccccc1. The van der Waals surface area contributed by atoms with Gasteiger partial charge in [-0.05, 0) is 11.1 Å². The number of rotatable bonds is 4. The van der Waals surface area contributed by atoms with E-state index in [0.29, 0.717) is 6.54 Å². The topological polar surface area (TPSA) is 40.3 Å². The zero-order chi connectivity index (χ0) is 13.2. The highest BCUT2D eigenvalue weighted by molar-refractivity contribution is 5.78. The van der Waals surface area contributed by atoms with Crippen LogP contribution in [0.3, 0.4) is 0 Å². The molecule has 19 heavy (non-hydrogen) atoms. The van der Waals surface area contributed by atoms with Crippen molar-refractivity contribution in [1.82, 2.24) is 4.90 Å². The Morgan fingerprint density at radius 1 is 1.00 bits per heavy atom. The molecule has 0 amide bonds. The average Bonchev–Trinajstić information content (AvgIpc) is 3.15. The summed E-state index contributed by atoms with van der Waals surface area (Å²) < 4.78 is 0. The van der Waals surface area contributed by atoms with Crippen LogP contribution in [0, 0.1) is 0 Å². The summed E-state index contributed by atoms with van der Waals surface area (Å²) in [5.74, 6) is -0.746. The summed E-state index contributed by atoms with van der Waals surface area (Å²) >= 11 is 0. The molecule has 2 aromatic carbocycles. The predicted octanol–water partition coefficient (Wildman–Crippen LogP) is 2.70. The maximum absolute atomic E-state index is 11.3. The van der Waals surface area contributed by atoms with Gasteiger partial charge in [-0.2, -0.15) is 0 Å². The van der Waals surface area contributed by atoms with Gasteiger partial charge in [0.1, 0.15) is 6.04 Å². The van der Waals surface area contributed by atoms with Crippen LogP contribution in [0.2, 0.25) is 0 Å². The van der Waals surface area contributed by atoms with Crippen LogP contribution in [-0.4, -0.2) is 22.0 Å². The molecule has 0 saturated carbocycles. The van der Waals surface area contributed by atoms with Crippen molar-refractivity contribution < 1.29 is 9.90 Å². The molecule has 0 aromatic heterocycles. The van der Waals surface area contributed by atoms with E-state index in [9.17, 15) is 9.90 Å². The second-order valence-corrected chi connectivity index (χ2v) is 4.80. The molecule has 96 valence electrons. The van der Waals surface area contributed by atoms with Gasteiger partial charge in [0, 0.05) is 6.54 Å². The van der Waals surface area contributed by atoms with Crippen molar-refractivity contribution in [3.63, 3.8) is 0 Å². The lowest BCUT2D eigenvalue weighted by molar-refractivity contribution is -0.137. The summed E-state index contributed by atoms with van der Waals surface area (Å²) in [6.07, 6.45) is 0. The van der Waals surface area contributed by atoms with Gasteiger partial charge >= 0.3 is 5.97 Å². The first-order chi connectivity index (χ1) is 9.27. The molecule has 0 bridgehead atoms. The fraction of sp³-hybridized carbons (Fsp3) is 0.188. The Morgan fingerprint density at radius 3 is 2.16 bits per heavy atom. The van der Waals surface area contributed by atoms with Crippen molar-refractivity contribution in [2.24, 2.45) is 0 Å². The van der Waals surface area contributed by atoms with Gasteiger partial charge in [-0.3, -0.25) is 9.69 Å². The Labute approximate surface area is 112 Å². The molecule has 3 heteroatoms. The minimum Gasteiger partial charge on any atom is -0.480 e. The first-order valence-electron chi connectivity index (χ1n) is 6.35. The highest BCUT2D eigenvalue weighted by Gasteiger charge is 2.53. The van der Waals surface area contributed by atoms with E-state index in [1.54, 1.807) is 0 Å². The molecule has 0 radical (unpaired) electrons. The second-order valence-electron chi connectivity index (χ2n) is 4.80. The van der Waals surface area contributed by atoms with Crippen molar-refractivity contribution >= 4 is 5.97 Å². The monoisotopic (exact) mass is 253 g/mol. The van der Waals surface area contributed by atoms with Gasteiger partial charge in [0.25, 0.3) is 0 Å². The van der Waals surface area contributed by atoms with Crippen LogP contribution >= 0.6 is 0 Å². The molecule has 3 atom stereocenters. The molecule has 1 aliphatic heterocycles. The average molecular weight is 253 g/mol. The third-order valence-corrected chi connectivity index (χ3v) is 3.53. The summed E-state index contributed by atoms with van der Waals surface area (Å²) in [6, 6.07) is 19.4. The summed E-state index contributed by atoms with van der Waals surface area (Å²) in [5.41, 5.74) is 2.22. The smallest absolute Gasteiger partial charge is 0.322 e.